The molecule has 0 aliphatic carbocycles. The standard InChI is InChI=1S/C20H23FN6OS/c1-29-20-24-17(26-10-3-2-4-11-26)16-13-23-27(18(16)25-20)12-9-22-19(28)14-5-7-15(21)8-6-14/h5-8,13H,2-4,9-12H2,1H3,(H,22,28). The lowest BCUT2D eigenvalue weighted by Gasteiger charge is -2.28. The fourth-order valence-electron chi connectivity index (χ4n) is 3.50. The monoisotopic (exact) mass is 414 g/mol. The largest absolute Gasteiger partial charge is 0.356 e. The van der Waals surface area contributed by atoms with E-state index in [1.54, 1.807) is 4.68 Å². The molecule has 3 heterocycles. The maximum atomic E-state index is 13.0. The zero-order chi connectivity index (χ0) is 20.2. The van der Waals surface area contributed by atoms with Crippen molar-refractivity contribution in [3.8, 4) is 0 Å². The summed E-state index contributed by atoms with van der Waals surface area (Å²) in [6.45, 7) is 2.88. The molecule has 1 fully saturated rings. The summed E-state index contributed by atoms with van der Waals surface area (Å²) >= 11 is 1.51. The summed E-state index contributed by atoms with van der Waals surface area (Å²) in [5.74, 6) is 0.342. The van der Waals surface area contributed by atoms with Gasteiger partial charge in [-0.15, -0.1) is 0 Å². The molecule has 1 aliphatic rings. The lowest BCUT2D eigenvalue weighted by atomic mass is 10.1. The van der Waals surface area contributed by atoms with E-state index in [1.807, 2.05) is 12.5 Å². The molecule has 0 atom stereocenters. The number of benzene rings is 1. The van der Waals surface area contributed by atoms with Crippen molar-refractivity contribution in [2.45, 2.75) is 31.0 Å². The quantitative estimate of drug-likeness (QED) is 0.493. The zero-order valence-corrected chi connectivity index (χ0v) is 17.1. The lowest BCUT2D eigenvalue weighted by Crippen LogP contribution is -2.30. The Morgan fingerprint density at radius 1 is 1.17 bits per heavy atom. The number of fused-ring (bicyclic) bond motifs is 1. The summed E-state index contributed by atoms with van der Waals surface area (Å²) in [7, 11) is 0. The van der Waals surface area contributed by atoms with E-state index >= 15 is 0 Å². The molecule has 0 saturated carbocycles. The molecule has 152 valence electrons. The van der Waals surface area contributed by atoms with Crippen LogP contribution in [0.5, 0.6) is 0 Å². The van der Waals surface area contributed by atoms with Crippen LogP contribution in [0.4, 0.5) is 10.2 Å². The van der Waals surface area contributed by atoms with Crippen molar-refractivity contribution in [1.82, 2.24) is 25.1 Å². The zero-order valence-electron chi connectivity index (χ0n) is 16.3. The van der Waals surface area contributed by atoms with Crippen molar-refractivity contribution < 1.29 is 9.18 Å². The molecule has 1 saturated heterocycles. The van der Waals surface area contributed by atoms with Crippen molar-refractivity contribution in [1.29, 1.82) is 0 Å². The highest BCUT2D eigenvalue weighted by Gasteiger charge is 2.19. The Hall–Kier alpha value is -2.68. The third-order valence-corrected chi connectivity index (χ3v) is 5.56. The molecule has 3 aromatic rings. The van der Waals surface area contributed by atoms with Crippen molar-refractivity contribution >= 4 is 34.5 Å². The minimum absolute atomic E-state index is 0.241. The van der Waals surface area contributed by atoms with Crippen LogP contribution in [0, 0.1) is 5.82 Å². The number of rotatable bonds is 6. The van der Waals surface area contributed by atoms with E-state index in [-0.39, 0.29) is 11.7 Å². The van der Waals surface area contributed by atoms with E-state index in [1.165, 1.54) is 55.3 Å². The Bertz CT molecular complexity index is 1000. The predicted octanol–water partition coefficient (Wildman–Crippen LogP) is 3.11. The van der Waals surface area contributed by atoms with Crippen molar-refractivity contribution in [3.05, 3.63) is 41.8 Å². The van der Waals surface area contributed by atoms with Gasteiger partial charge >= 0.3 is 0 Å². The molecule has 0 spiro atoms. The highest BCUT2D eigenvalue weighted by atomic mass is 32.2. The fraction of sp³-hybridized carbons (Fsp3) is 0.400. The van der Waals surface area contributed by atoms with Crippen molar-refractivity contribution in [3.63, 3.8) is 0 Å². The van der Waals surface area contributed by atoms with Crippen LogP contribution in [0.2, 0.25) is 0 Å². The fourth-order valence-corrected chi connectivity index (χ4v) is 3.86. The molecule has 29 heavy (non-hydrogen) atoms. The number of halogens is 1. The van der Waals surface area contributed by atoms with Gasteiger partial charge in [0.25, 0.3) is 5.91 Å². The Morgan fingerprint density at radius 2 is 1.93 bits per heavy atom. The van der Waals surface area contributed by atoms with Gasteiger partial charge in [0, 0.05) is 25.2 Å². The van der Waals surface area contributed by atoms with Gasteiger partial charge in [-0.25, -0.2) is 19.0 Å². The van der Waals surface area contributed by atoms with Crippen LogP contribution >= 0.6 is 11.8 Å². The van der Waals surface area contributed by atoms with E-state index in [2.05, 4.69) is 20.3 Å². The number of hydrogen-bond donors (Lipinski definition) is 1. The number of nitrogens with zero attached hydrogens (tertiary/aromatic N) is 5. The molecule has 7 nitrogen and oxygen atoms in total. The lowest BCUT2D eigenvalue weighted by molar-refractivity contribution is 0.0952. The predicted molar refractivity (Wildman–Crippen MR) is 112 cm³/mol. The van der Waals surface area contributed by atoms with Crippen LogP contribution in [0.25, 0.3) is 11.0 Å². The number of thioether (sulfide) groups is 1. The topological polar surface area (TPSA) is 75.9 Å². The summed E-state index contributed by atoms with van der Waals surface area (Å²) in [5, 5.41) is 8.99. The second-order valence-electron chi connectivity index (χ2n) is 6.95. The number of nitrogens with one attached hydrogen (secondary N) is 1. The second-order valence-corrected chi connectivity index (χ2v) is 7.72. The summed E-state index contributed by atoms with van der Waals surface area (Å²) in [4.78, 5) is 23.9. The van der Waals surface area contributed by atoms with E-state index in [0.717, 1.165) is 35.1 Å². The molecule has 1 N–H and O–H groups in total. The van der Waals surface area contributed by atoms with Gasteiger partial charge in [-0.1, -0.05) is 11.8 Å². The number of piperidine rings is 1. The smallest absolute Gasteiger partial charge is 0.251 e. The van der Waals surface area contributed by atoms with Gasteiger partial charge in [-0.05, 0) is 49.8 Å². The molecule has 4 rings (SSSR count). The van der Waals surface area contributed by atoms with E-state index < -0.39 is 0 Å². The summed E-state index contributed by atoms with van der Waals surface area (Å²) in [5.41, 5.74) is 1.21. The molecule has 1 aliphatic heterocycles. The van der Waals surface area contributed by atoms with Crippen LogP contribution < -0.4 is 10.2 Å². The Balaban J connectivity index is 1.50. The number of amides is 1. The van der Waals surface area contributed by atoms with Gasteiger partial charge in [-0.2, -0.15) is 5.10 Å². The minimum atomic E-state index is -0.363. The van der Waals surface area contributed by atoms with Crippen LogP contribution in [0.1, 0.15) is 29.6 Å². The normalized spacial score (nSPS) is 14.3. The van der Waals surface area contributed by atoms with Crippen LogP contribution in [0.3, 0.4) is 0 Å². The van der Waals surface area contributed by atoms with Crippen LogP contribution in [-0.2, 0) is 6.54 Å². The van der Waals surface area contributed by atoms with Gasteiger partial charge in [0.15, 0.2) is 10.8 Å². The van der Waals surface area contributed by atoms with Crippen LogP contribution in [0.15, 0.2) is 35.6 Å². The Kier molecular flexibility index (Phi) is 5.94. The van der Waals surface area contributed by atoms with Gasteiger partial charge in [-0.3, -0.25) is 4.79 Å². The second kappa shape index (κ2) is 8.77. The number of carbonyl (C=O) groups is 1. The molecule has 2 aromatic heterocycles. The average molecular weight is 415 g/mol. The van der Waals surface area contributed by atoms with E-state index in [9.17, 15) is 9.18 Å². The number of aromatic nitrogens is 4. The van der Waals surface area contributed by atoms with E-state index in [4.69, 9.17) is 4.98 Å². The van der Waals surface area contributed by atoms with Gasteiger partial charge in [0.1, 0.15) is 11.6 Å². The summed E-state index contributed by atoms with van der Waals surface area (Å²) in [6.07, 6.45) is 7.37. The maximum Gasteiger partial charge on any atom is 0.251 e. The highest BCUT2D eigenvalue weighted by molar-refractivity contribution is 7.98. The molecule has 9 heteroatoms. The van der Waals surface area contributed by atoms with Gasteiger partial charge < -0.3 is 10.2 Å². The Morgan fingerprint density at radius 3 is 2.66 bits per heavy atom. The molecule has 0 bridgehead atoms. The summed E-state index contributed by atoms with van der Waals surface area (Å²) < 4.78 is 14.8. The molecular formula is C20H23FN6OS. The first kappa shape index (κ1) is 19.6. The van der Waals surface area contributed by atoms with Gasteiger partial charge in [0.2, 0.25) is 0 Å². The Labute approximate surface area is 172 Å². The maximum absolute atomic E-state index is 13.0. The SMILES string of the molecule is CSc1nc(N2CCCCC2)c2cnn(CCNC(=O)c3ccc(F)cc3)c2n1. The third kappa shape index (κ3) is 4.34. The number of anilines is 1. The third-order valence-electron chi connectivity index (χ3n) is 5.01. The van der Waals surface area contributed by atoms with E-state index in [0.29, 0.717) is 18.7 Å². The molecule has 1 amide bonds. The number of carbonyl (C=O) groups excluding carboxylic acids is 1. The number of hydrogen-bond acceptors (Lipinski definition) is 6. The first-order valence-corrected chi connectivity index (χ1v) is 10.9. The molecule has 0 radical (unpaired) electrons. The van der Waals surface area contributed by atoms with Crippen molar-refractivity contribution in [2.75, 3.05) is 30.8 Å². The molecular weight excluding hydrogens is 391 g/mol. The molecule has 0 unspecified atom stereocenters. The van der Waals surface area contributed by atoms with Crippen molar-refractivity contribution in [2.24, 2.45) is 0 Å². The minimum Gasteiger partial charge on any atom is -0.356 e. The molecule has 1 aromatic carbocycles. The average Bonchev–Trinajstić information content (AvgIpc) is 3.17. The van der Waals surface area contributed by atoms with Gasteiger partial charge in [0.05, 0.1) is 18.1 Å². The first-order valence-electron chi connectivity index (χ1n) is 9.72. The summed E-state index contributed by atoms with van der Waals surface area (Å²) in [6, 6.07) is 5.49. The highest BCUT2D eigenvalue weighted by Crippen LogP contribution is 2.28. The first-order chi connectivity index (χ1) is 14.2. The van der Waals surface area contributed by atoms with Crippen LogP contribution in [-0.4, -0.2) is 51.5 Å².